The van der Waals surface area contributed by atoms with Crippen LogP contribution in [-0.2, 0) is 9.59 Å². The molecule has 1 aliphatic carbocycles. The average molecular weight is 268 g/mol. The van der Waals surface area contributed by atoms with Gasteiger partial charge in [-0.25, -0.2) is 0 Å². The Hall–Kier alpha value is -1.10. The van der Waals surface area contributed by atoms with Crippen molar-refractivity contribution in [2.75, 3.05) is 13.1 Å². The van der Waals surface area contributed by atoms with E-state index in [9.17, 15) is 14.7 Å². The molecule has 0 bridgehead atoms. The van der Waals surface area contributed by atoms with E-state index < -0.39 is 6.10 Å². The summed E-state index contributed by atoms with van der Waals surface area (Å²) in [5.41, 5.74) is 0. The van der Waals surface area contributed by atoms with Gasteiger partial charge in [0.15, 0.2) is 0 Å². The van der Waals surface area contributed by atoms with Crippen molar-refractivity contribution in [1.82, 2.24) is 10.2 Å². The first kappa shape index (κ1) is 14.3. The van der Waals surface area contributed by atoms with Crippen LogP contribution >= 0.6 is 0 Å². The highest BCUT2D eigenvalue weighted by molar-refractivity contribution is 5.85. The molecule has 0 spiro atoms. The monoisotopic (exact) mass is 268 g/mol. The molecule has 108 valence electrons. The zero-order chi connectivity index (χ0) is 13.7. The van der Waals surface area contributed by atoms with E-state index in [-0.39, 0.29) is 24.4 Å². The van der Waals surface area contributed by atoms with Crippen LogP contribution in [0.15, 0.2) is 0 Å². The van der Waals surface area contributed by atoms with E-state index in [4.69, 9.17) is 0 Å². The third-order valence-electron chi connectivity index (χ3n) is 4.08. The van der Waals surface area contributed by atoms with Gasteiger partial charge in [-0.15, -0.1) is 0 Å². The molecule has 0 aromatic rings. The Balaban J connectivity index is 1.81. The fourth-order valence-electron chi connectivity index (χ4n) is 2.91. The highest BCUT2D eigenvalue weighted by atomic mass is 16.3. The van der Waals surface area contributed by atoms with Crippen molar-refractivity contribution in [1.29, 1.82) is 0 Å². The Morgan fingerprint density at radius 3 is 2.79 bits per heavy atom. The van der Waals surface area contributed by atoms with E-state index >= 15 is 0 Å². The summed E-state index contributed by atoms with van der Waals surface area (Å²) in [4.78, 5) is 25.4. The van der Waals surface area contributed by atoms with Crippen LogP contribution in [-0.4, -0.2) is 47.1 Å². The van der Waals surface area contributed by atoms with Crippen molar-refractivity contribution in [3.63, 3.8) is 0 Å². The summed E-state index contributed by atoms with van der Waals surface area (Å²) < 4.78 is 0. The number of hydrogen-bond acceptors (Lipinski definition) is 3. The molecule has 0 aromatic heterocycles. The number of carbonyl (C=O) groups is 2. The Morgan fingerprint density at radius 2 is 2.00 bits per heavy atom. The molecule has 0 radical (unpaired) electrons. The molecule has 5 nitrogen and oxygen atoms in total. The van der Waals surface area contributed by atoms with E-state index in [0.717, 1.165) is 44.9 Å². The largest absolute Gasteiger partial charge is 0.391 e. The van der Waals surface area contributed by atoms with E-state index in [1.807, 2.05) is 0 Å². The van der Waals surface area contributed by atoms with Crippen LogP contribution in [0.5, 0.6) is 0 Å². The normalized spacial score (nSPS) is 28.9. The number of aliphatic hydroxyl groups excluding tert-OH is 1. The number of rotatable bonds is 3. The number of likely N-dealkylation sites (tertiary alicyclic amines) is 1. The summed E-state index contributed by atoms with van der Waals surface area (Å²) in [7, 11) is 0. The number of carbonyl (C=O) groups excluding carboxylic acids is 2. The standard InChI is InChI=1S/C14H24N2O3/c17-12-7-4-3-6-11(12)15-13(18)10-16-9-5-1-2-8-14(16)19/h11-12,17H,1-10H2,(H,15,18). The minimum absolute atomic E-state index is 0.0804. The maximum absolute atomic E-state index is 12.0. The van der Waals surface area contributed by atoms with Crippen molar-refractivity contribution >= 4 is 11.8 Å². The molecule has 2 unspecified atom stereocenters. The number of amides is 2. The average Bonchev–Trinajstić information content (AvgIpc) is 2.58. The van der Waals surface area contributed by atoms with Gasteiger partial charge in [0.25, 0.3) is 0 Å². The van der Waals surface area contributed by atoms with Gasteiger partial charge >= 0.3 is 0 Å². The molecule has 2 N–H and O–H groups in total. The lowest BCUT2D eigenvalue weighted by atomic mass is 9.92. The predicted molar refractivity (Wildman–Crippen MR) is 71.5 cm³/mol. The molecular weight excluding hydrogens is 244 g/mol. The zero-order valence-electron chi connectivity index (χ0n) is 11.4. The summed E-state index contributed by atoms with van der Waals surface area (Å²) in [5.74, 6) is -0.0574. The number of nitrogens with one attached hydrogen (secondary N) is 1. The first-order chi connectivity index (χ1) is 9.16. The third kappa shape index (κ3) is 4.20. The first-order valence-corrected chi connectivity index (χ1v) is 7.42. The molecule has 1 saturated heterocycles. The van der Waals surface area contributed by atoms with Gasteiger partial charge in [0.2, 0.25) is 11.8 Å². The molecular formula is C14H24N2O3. The lowest BCUT2D eigenvalue weighted by Crippen LogP contribution is -2.49. The lowest BCUT2D eigenvalue weighted by Gasteiger charge is -2.29. The Kier molecular flexibility index (Phi) is 5.19. The number of nitrogens with zero attached hydrogens (tertiary/aromatic N) is 1. The molecule has 19 heavy (non-hydrogen) atoms. The number of aliphatic hydroxyl groups is 1. The highest BCUT2D eigenvalue weighted by Crippen LogP contribution is 2.18. The van der Waals surface area contributed by atoms with Crippen LogP contribution < -0.4 is 5.32 Å². The second-order valence-corrected chi connectivity index (χ2v) is 5.65. The van der Waals surface area contributed by atoms with Crippen molar-refractivity contribution in [3.05, 3.63) is 0 Å². The summed E-state index contributed by atoms with van der Waals surface area (Å²) in [5, 5.41) is 12.7. The molecule has 1 aliphatic heterocycles. The fraction of sp³-hybridized carbons (Fsp3) is 0.857. The van der Waals surface area contributed by atoms with Gasteiger partial charge in [-0.3, -0.25) is 9.59 Å². The summed E-state index contributed by atoms with van der Waals surface area (Å²) in [6.45, 7) is 0.821. The van der Waals surface area contributed by atoms with E-state index in [0.29, 0.717) is 13.0 Å². The molecule has 0 aromatic carbocycles. The maximum atomic E-state index is 12.0. The summed E-state index contributed by atoms with van der Waals surface area (Å²) in [6.07, 6.45) is 6.75. The van der Waals surface area contributed by atoms with Crippen molar-refractivity contribution in [3.8, 4) is 0 Å². The molecule has 2 fully saturated rings. The second-order valence-electron chi connectivity index (χ2n) is 5.65. The van der Waals surface area contributed by atoms with Crippen LogP contribution in [0.2, 0.25) is 0 Å². The van der Waals surface area contributed by atoms with Crippen LogP contribution in [0, 0.1) is 0 Å². The van der Waals surface area contributed by atoms with Gasteiger partial charge in [-0.05, 0) is 25.7 Å². The van der Waals surface area contributed by atoms with Gasteiger partial charge in [0.1, 0.15) is 0 Å². The topological polar surface area (TPSA) is 69.6 Å². The minimum atomic E-state index is -0.433. The molecule has 2 atom stereocenters. The Bertz CT molecular complexity index is 333. The van der Waals surface area contributed by atoms with Crippen LogP contribution in [0.25, 0.3) is 0 Å². The molecule has 2 rings (SSSR count). The minimum Gasteiger partial charge on any atom is -0.391 e. The summed E-state index contributed by atoms with van der Waals surface area (Å²) in [6, 6.07) is -0.136. The maximum Gasteiger partial charge on any atom is 0.239 e. The predicted octanol–water partition coefficient (Wildman–Crippen LogP) is 0.809. The number of hydrogen-bond donors (Lipinski definition) is 2. The molecule has 1 saturated carbocycles. The highest BCUT2D eigenvalue weighted by Gasteiger charge is 2.26. The van der Waals surface area contributed by atoms with Crippen LogP contribution in [0.1, 0.15) is 51.4 Å². The van der Waals surface area contributed by atoms with E-state index in [1.54, 1.807) is 4.90 Å². The Labute approximate surface area is 114 Å². The lowest BCUT2D eigenvalue weighted by molar-refractivity contribution is -0.136. The van der Waals surface area contributed by atoms with E-state index in [1.165, 1.54) is 0 Å². The summed E-state index contributed by atoms with van der Waals surface area (Å²) >= 11 is 0. The Morgan fingerprint density at radius 1 is 1.21 bits per heavy atom. The SMILES string of the molecule is O=C(CN1CCCCCC1=O)NC1CCCCC1O. The molecule has 2 aliphatic rings. The van der Waals surface area contributed by atoms with Crippen molar-refractivity contribution < 1.29 is 14.7 Å². The molecule has 5 heteroatoms. The quantitative estimate of drug-likeness (QED) is 0.796. The fourth-order valence-corrected chi connectivity index (χ4v) is 2.91. The van der Waals surface area contributed by atoms with Gasteiger partial charge in [0.05, 0.1) is 18.7 Å². The third-order valence-corrected chi connectivity index (χ3v) is 4.08. The molecule has 1 heterocycles. The van der Waals surface area contributed by atoms with Crippen molar-refractivity contribution in [2.45, 2.75) is 63.5 Å². The van der Waals surface area contributed by atoms with Crippen molar-refractivity contribution in [2.24, 2.45) is 0 Å². The van der Waals surface area contributed by atoms with Crippen LogP contribution in [0.3, 0.4) is 0 Å². The first-order valence-electron chi connectivity index (χ1n) is 7.42. The molecule has 2 amide bonds. The van der Waals surface area contributed by atoms with Gasteiger partial charge in [0, 0.05) is 13.0 Å². The van der Waals surface area contributed by atoms with Gasteiger partial charge in [-0.2, -0.15) is 0 Å². The smallest absolute Gasteiger partial charge is 0.239 e. The van der Waals surface area contributed by atoms with E-state index in [2.05, 4.69) is 5.32 Å². The second kappa shape index (κ2) is 6.89. The zero-order valence-corrected chi connectivity index (χ0v) is 11.4. The van der Waals surface area contributed by atoms with Gasteiger partial charge in [-0.1, -0.05) is 19.3 Å². The van der Waals surface area contributed by atoms with Gasteiger partial charge < -0.3 is 15.3 Å². The van der Waals surface area contributed by atoms with Crippen LogP contribution in [0.4, 0.5) is 0 Å².